The first-order chi connectivity index (χ1) is 20.0. The molecule has 3 fully saturated rings. The lowest BCUT2D eigenvalue weighted by Crippen LogP contribution is -2.49. The smallest absolute Gasteiger partial charge is 0.254 e. The van der Waals surface area contributed by atoms with Gasteiger partial charge in [0.15, 0.2) is 12.4 Å². The number of piperidine rings is 2. The van der Waals surface area contributed by atoms with Crippen LogP contribution in [0.2, 0.25) is 0 Å². The third-order valence-electron chi connectivity index (χ3n) is 10.3. The van der Waals surface area contributed by atoms with Gasteiger partial charge in [-0.3, -0.25) is 9.69 Å². The van der Waals surface area contributed by atoms with Gasteiger partial charge in [0.25, 0.3) is 5.91 Å². The van der Waals surface area contributed by atoms with Crippen molar-refractivity contribution < 1.29 is 9.52 Å². The van der Waals surface area contributed by atoms with E-state index in [4.69, 9.17) is 4.98 Å². The third kappa shape index (κ3) is 4.80. The van der Waals surface area contributed by atoms with Gasteiger partial charge in [0.1, 0.15) is 5.82 Å². The Labute approximate surface area is 242 Å². The predicted octanol–water partition coefficient (Wildman–Crippen LogP) is 5.41. The van der Waals surface area contributed by atoms with Gasteiger partial charge in [-0.15, -0.1) is 0 Å². The predicted molar refractivity (Wildman–Crippen MR) is 160 cm³/mol. The highest BCUT2D eigenvalue weighted by molar-refractivity contribution is 5.94. The number of nitrogens with zero attached hydrogens (tertiary/aromatic N) is 5. The zero-order valence-electron chi connectivity index (χ0n) is 23.9. The minimum Gasteiger partial charge on any atom is -0.619 e. The maximum Gasteiger partial charge on any atom is 0.254 e. The molecule has 0 radical (unpaired) electrons. The molecule has 1 unspecified atom stereocenters. The number of aromatic nitrogens is 3. The number of benzene rings is 2. The number of hydrogen-bond donors (Lipinski definition) is 0. The lowest BCUT2D eigenvalue weighted by atomic mass is 9.70. The molecule has 3 aliphatic rings. The molecule has 0 saturated carbocycles. The van der Waals surface area contributed by atoms with Crippen LogP contribution in [-0.4, -0.2) is 57.0 Å². The third-order valence-corrected chi connectivity index (χ3v) is 10.3. The summed E-state index contributed by atoms with van der Waals surface area (Å²) in [6.07, 6.45) is 10.8. The molecule has 7 heteroatoms. The maximum atomic E-state index is 13.2. The first-order valence-electron chi connectivity index (χ1n) is 15.2. The number of carbonyl (C=O) groups is 1. The number of fused-ring (bicyclic) bond motifs is 3. The van der Waals surface area contributed by atoms with Crippen LogP contribution in [0.1, 0.15) is 72.7 Å². The van der Waals surface area contributed by atoms with Gasteiger partial charge in [-0.05, 0) is 81.5 Å². The Balaban J connectivity index is 1.06. The monoisotopic (exact) mass is 549 g/mol. The fourth-order valence-electron chi connectivity index (χ4n) is 8.14. The largest absolute Gasteiger partial charge is 0.619 e. The molecule has 3 saturated heterocycles. The second-order valence-electron chi connectivity index (χ2n) is 12.4. The van der Waals surface area contributed by atoms with Crippen molar-refractivity contribution in [2.45, 2.75) is 75.4 Å². The molecule has 41 heavy (non-hydrogen) atoms. The van der Waals surface area contributed by atoms with E-state index in [1.807, 2.05) is 4.90 Å². The van der Waals surface area contributed by atoms with Crippen molar-refractivity contribution in [1.82, 2.24) is 19.4 Å². The van der Waals surface area contributed by atoms with Gasteiger partial charge >= 0.3 is 0 Å². The number of imidazole rings is 1. The SMILES string of the molecule is Cc1nc2ccccc2n1C1C[C@H]2CC[C@@H](C1)N2CCC1(c2ccccc2)CCN(C(=O)c2cc[n+]([O-])cc2)CC1. The number of aryl methyl sites for hydroxylation is 1. The molecule has 7 rings (SSSR count). The number of rotatable bonds is 6. The molecular weight excluding hydrogens is 510 g/mol. The molecule has 212 valence electrons. The summed E-state index contributed by atoms with van der Waals surface area (Å²) in [5.41, 5.74) is 4.44. The van der Waals surface area contributed by atoms with Crippen LogP contribution in [0.15, 0.2) is 79.1 Å². The number of likely N-dealkylation sites (tertiary alicyclic amines) is 1. The minimum atomic E-state index is 0.0229. The second kappa shape index (κ2) is 10.6. The second-order valence-corrected chi connectivity index (χ2v) is 12.4. The molecule has 1 amide bonds. The summed E-state index contributed by atoms with van der Waals surface area (Å²) >= 11 is 0. The van der Waals surface area contributed by atoms with Crippen molar-refractivity contribution in [3.8, 4) is 0 Å². The van der Waals surface area contributed by atoms with E-state index in [-0.39, 0.29) is 11.3 Å². The fourth-order valence-corrected chi connectivity index (χ4v) is 8.14. The fraction of sp³-hybridized carbons (Fsp3) is 0.441. The van der Waals surface area contributed by atoms with Crippen LogP contribution in [0.25, 0.3) is 11.0 Å². The highest BCUT2D eigenvalue weighted by Gasteiger charge is 2.44. The van der Waals surface area contributed by atoms with Crippen LogP contribution in [-0.2, 0) is 5.41 Å². The van der Waals surface area contributed by atoms with Crippen LogP contribution < -0.4 is 4.73 Å². The van der Waals surface area contributed by atoms with E-state index in [0.717, 1.165) is 55.0 Å². The Hall–Kier alpha value is -3.71. The van der Waals surface area contributed by atoms with Crippen molar-refractivity contribution in [1.29, 1.82) is 0 Å². The van der Waals surface area contributed by atoms with Crippen molar-refractivity contribution >= 4 is 16.9 Å². The van der Waals surface area contributed by atoms with Gasteiger partial charge in [-0.25, -0.2) is 4.98 Å². The van der Waals surface area contributed by atoms with E-state index in [2.05, 4.69) is 71.0 Å². The molecular formula is C34H39N5O2. The van der Waals surface area contributed by atoms with Gasteiger partial charge in [-0.1, -0.05) is 42.5 Å². The highest BCUT2D eigenvalue weighted by atomic mass is 16.5. The Kier molecular flexibility index (Phi) is 6.78. The average Bonchev–Trinajstić information content (AvgIpc) is 3.47. The normalized spacial score (nSPS) is 24.1. The standard InChI is InChI=1S/C34H39N5O2/c1-25-35-31-9-5-6-10-32(31)39(25)30-23-28-11-12-29(24-30)38(28)22-17-34(27-7-3-2-4-8-27)15-20-36(21-16-34)33(40)26-13-18-37(41)19-14-26/h2-10,13-14,18-19,28-30H,11-12,15-17,20-24H2,1H3/t28-,29+,30?. The molecule has 0 N–H and O–H groups in total. The van der Waals surface area contributed by atoms with E-state index >= 15 is 0 Å². The lowest BCUT2D eigenvalue weighted by Gasteiger charge is -2.45. The van der Waals surface area contributed by atoms with E-state index in [0.29, 0.717) is 23.7 Å². The number of para-hydroxylation sites is 2. The van der Waals surface area contributed by atoms with Gasteiger partial charge in [0.05, 0.1) is 16.6 Å². The molecule has 4 aromatic rings. The van der Waals surface area contributed by atoms with Crippen molar-refractivity contribution in [2.24, 2.45) is 0 Å². The van der Waals surface area contributed by atoms with Crippen LogP contribution in [0.4, 0.5) is 0 Å². The topological polar surface area (TPSA) is 68.3 Å². The van der Waals surface area contributed by atoms with E-state index in [9.17, 15) is 10.0 Å². The summed E-state index contributed by atoms with van der Waals surface area (Å²) in [6, 6.07) is 24.6. The van der Waals surface area contributed by atoms with Gasteiger partial charge in [0.2, 0.25) is 0 Å². The summed E-state index contributed by atoms with van der Waals surface area (Å²) in [5.74, 6) is 1.16. The zero-order valence-corrected chi connectivity index (χ0v) is 23.9. The van der Waals surface area contributed by atoms with Crippen LogP contribution in [0, 0.1) is 12.1 Å². The average molecular weight is 550 g/mol. The summed E-state index contributed by atoms with van der Waals surface area (Å²) in [4.78, 5) is 22.9. The molecule has 5 heterocycles. The van der Waals surface area contributed by atoms with Crippen LogP contribution >= 0.6 is 0 Å². The molecule has 3 atom stereocenters. The minimum absolute atomic E-state index is 0.0229. The van der Waals surface area contributed by atoms with E-state index in [1.165, 1.54) is 49.2 Å². The number of pyridine rings is 1. The Morgan fingerprint density at radius 3 is 2.29 bits per heavy atom. The van der Waals surface area contributed by atoms with Crippen molar-refractivity contribution in [3.63, 3.8) is 0 Å². The molecule has 0 aliphatic carbocycles. The summed E-state index contributed by atoms with van der Waals surface area (Å²) in [6.45, 7) is 4.74. The molecule has 2 aromatic heterocycles. The Morgan fingerprint density at radius 2 is 1.59 bits per heavy atom. The Bertz CT molecular complexity index is 1510. The van der Waals surface area contributed by atoms with Crippen LogP contribution in [0.5, 0.6) is 0 Å². The molecule has 2 bridgehead atoms. The molecule has 0 spiro atoms. The molecule has 7 nitrogen and oxygen atoms in total. The number of carbonyl (C=O) groups excluding carboxylic acids is 1. The maximum absolute atomic E-state index is 13.2. The Morgan fingerprint density at radius 1 is 0.927 bits per heavy atom. The zero-order chi connectivity index (χ0) is 28.0. The van der Waals surface area contributed by atoms with Gasteiger partial charge in [-0.2, -0.15) is 4.73 Å². The molecule has 3 aliphatic heterocycles. The van der Waals surface area contributed by atoms with E-state index < -0.39 is 0 Å². The van der Waals surface area contributed by atoms with Gasteiger partial charge in [0, 0.05) is 43.3 Å². The van der Waals surface area contributed by atoms with Crippen LogP contribution in [0.3, 0.4) is 0 Å². The summed E-state index contributed by atoms with van der Waals surface area (Å²) in [7, 11) is 0. The highest BCUT2D eigenvalue weighted by Crippen LogP contribution is 2.45. The van der Waals surface area contributed by atoms with Gasteiger partial charge < -0.3 is 14.7 Å². The van der Waals surface area contributed by atoms with Crippen molar-refractivity contribution in [2.75, 3.05) is 19.6 Å². The number of amides is 1. The quantitative estimate of drug-likeness (QED) is 0.238. The summed E-state index contributed by atoms with van der Waals surface area (Å²) < 4.78 is 3.24. The molecule has 2 aromatic carbocycles. The van der Waals surface area contributed by atoms with E-state index in [1.54, 1.807) is 12.1 Å². The first-order valence-corrected chi connectivity index (χ1v) is 15.2. The number of hydrogen-bond acceptors (Lipinski definition) is 4. The first kappa shape index (κ1) is 26.2. The lowest BCUT2D eigenvalue weighted by molar-refractivity contribution is -0.605. The van der Waals surface area contributed by atoms with Crippen molar-refractivity contribution in [3.05, 3.63) is 101 Å². The summed E-state index contributed by atoms with van der Waals surface area (Å²) in [5, 5.41) is 11.4.